The maximum absolute atomic E-state index is 10.4. The van der Waals surface area contributed by atoms with Crippen molar-refractivity contribution in [2.75, 3.05) is 0 Å². The predicted octanol–water partition coefficient (Wildman–Crippen LogP) is -1.85. The van der Waals surface area contributed by atoms with Crippen molar-refractivity contribution in [1.82, 2.24) is 0 Å². The smallest absolute Gasteiger partial charge is 0.414 e. The van der Waals surface area contributed by atoms with Crippen LogP contribution in [-0.4, -0.2) is 40.6 Å². The normalized spacial score (nSPS) is 23.2. The van der Waals surface area contributed by atoms with E-state index in [9.17, 15) is 9.59 Å². The van der Waals surface area contributed by atoms with Crippen molar-refractivity contribution >= 4 is 11.9 Å². The van der Waals surface area contributed by atoms with E-state index in [4.69, 9.17) is 10.2 Å². The zero-order valence-electron chi connectivity index (χ0n) is 6.26. The molecule has 2 atom stereocenters. The van der Waals surface area contributed by atoms with Gasteiger partial charge in [-0.1, -0.05) is 0 Å². The second-order valence-corrected chi connectivity index (χ2v) is 2.41. The van der Waals surface area contributed by atoms with E-state index in [-0.39, 0.29) is 0 Å². The van der Waals surface area contributed by atoms with E-state index < -0.39 is 30.4 Å². The fourth-order valence-electron chi connectivity index (χ4n) is 0.698. The molecular formula is C6H8O6. The summed E-state index contributed by atoms with van der Waals surface area (Å²) in [7, 11) is 0. The zero-order valence-corrected chi connectivity index (χ0v) is 6.26. The summed E-state index contributed by atoms with van der Waals surface area (Å²) < 4.78 is 8.55. The average molecular weight is 176 g/mol. The molecule has 0 bridgehead atoms. The maximum atomic E-state index is 10.4. The zero-order chi connectivity index (χ0) is 9.30. The van der Waals surface area contributed by atoms with Gasteiger partial charge in [0, 0.05) is 0 Å². The van der Waals surface area contributed by atoms with Gasteiger partial charge in [0.05, 0.1) is 6.10 Å². The topological polar surface area (TPSA) is 93.1 Å². The molecule has 0 spiro atoms. The first-order chi connectivity index (χ1) is 5.52. The van der Waals surface area contributed by atoms with Crippen LogP contribution in [0.25, 0.3) is 0 Å². The first-order valence-corrected chi connectivity index (χ1v) is 3.30. The van der Waals surface area contributed by atoms with Crippen LogP contribution in [0.4, 0.5) is 0 Å². The molecule has 6 nitrogen and oxygen atoms in total. The number of ether oxygens (including phenoxy) is 2. The largest absolute Gasteiger partial charge is 0.420 e. The third-order valence-corrected chi connectivity index (χ3v) is 1.39. The minimum absolute atomic E-state index is 1.13. The number of carbonyl (C=O) groups is 2. The lowest BCUT2D eigenvalue weighted by atomic mass is 10.2. The molecule has 0 aromatic heterocycles. The monoisotopic (exact) mass is 176 g/mol. The van der Waals surface area contributed by atoms with Crippen LogP contribution in [0.1, 0.15) is 6.92 Å². The molecule has 2 N–H and O–H groups in total. The van der Waals surface area contributed by atoms with Crippen molar-refractivity contribution in [3.63, 3.8) is 0 Å². The fourth-order valence-corrected chi connectivity index (χ4v) is 0.698. The summed E-state index contributed by atoms with van der Waals surface area (Å²) in [5.41, 5.74) is 0. The Morgan fingerprint density at radius 2 is 1.67 bits per heavy atom. The van der Waals surface area contributed by atoms with Crippen LogP contribution in [-0.2, 0) is 19.1 Å². The van der Waals surface area contributed by atoms with Crippen molar-refractivity contribution in [3.8, 4) is 0 Å². The predicted molar refractivity (Wildman–Crippen MR) is 33.7 cm³/mol. The molecular weight excluding hydrogens is 168 g/mol. The number of aliphatic hydroxyl groups excluding tert-OH is 2. The average Bonchev–Trinajstić information content (AvgIpc) is 2.30. The van der Waals surface area contributed by atoms with E-state index in [0.717, 1.165) is 0 Å². The number of hydrogen-bond acceptors (Lipinski definition) is 6. The summed E-state index contributed by atoms with van der Waals surface area (Å²) in [6, 6.07) is 0. The lowest BCUT2D eigenvalue weighted by Crippen LogP contribution is -2.36. The number of carbonyl (C=O) groups excluding carboxylic acids is 2. The molecule has 1 fully saturated rings. The Kier molecular flexibility index (Phi) is 2.30. The molecule has 68 valence electrons. The van der Waals surface area contributed by atoms with Gasteiger partial charge >= 0.3 is 11.9 Å². The first-order valence-electron chi connectivity index (χ1n) is 3.30. The van der Waals surface area contributed by atoms with Gasteiger partial charge in [-0.25, -0.2) is 9.59 Å². The third-order valence-electron chi connectivity index (χ3n) is 1.39. The third kappa shape index (κ3) is 1.54. The van der Waals surface area contributed by atoms with Crippen molar-refractivity contribution in [3.05, 3.63) is 0 Å². The molecule has 1 aliphatic rings. The van der Waals surface area contributed by atoms with Crippen molar-refractivity contribution in [2.45, 2.75) is 25.4 Å². The number of rotatable bonds is 2. The second kappa shape index (κ2) is 3.08. The van der Waals surface area contributed by atoms with Gasteiger partial charge in [0.2, 0.25) is 0 Å². The Hall–Kier alpha value is -1.14. The van der Waals surface area contributed by atoms with Crippen LogP contribution < -0.4 is 0 Å². The highest BCUT2D eigenvalue weighted by Crippen LogP contribution is 2.13. The summed E-state index contributed by atoms with van der Waals surface area (Å²) in [5, 5.41) is 17.9. The van der Waals surface area contributed by atoms with Gasteiger partial charge in [0.1, 0.15) is 0 Å². The van der Waals surface area contributed by atoms with Crippen LogP contribution in [0, 0.1) is 0 Å². The Morgan fingerprint density at radius 1 is 1.25 bits per heavy atom. The SMILES string of the molecule is CC(O)C(O)C1OC(=O)C(=O)O1. The molecule has 6 heteroatoms. The van der Waals surface area contributed by atoms with Gasteiger partial charge < -0.3 is 19.7 Å². The lowest BCUT2D eigenvalue weighted by molar-refractivity contribution is -0.171. The molecule has 0 aromatic carbocycles. The van der Waals surface area contributed by atoms with Gasteiger partial charge in [-0.15, -0.1) is 0 Å². The molecule has 12 heavy (non-hydrogen) atoms. The van der Waals surface area contributed by atoms with E-state index in [1.807, 2.05) is 0 Å². The van der Waals surface area contributed by atoms with Crippen LogP contribution in [0.15, 0.2) is 0 Å². The highest BCUT2D eigenvalue weighted by Gasteiger charge is 2.40. The van der Waals surface area contributed by atoms with Crippen LogP contribution in [0.2, 0.25) is 0 Å². The molecule has 0 radical (unpaired) electrons. The summed E-state index contributed by atoms with van der Waals surface area (Å²) in [6.45, 7) is 1.28. The highest BCUT2D eigenvalue weighted by atomic mass is 16.8. The fraction of sp³-hybridized carbons (Fsp3) is 0.667. The summed E-state index contributed by atoms with van der Waals surface area (Å²) in [5.74, 6) is -2.31. The number of cyclic esters (lactones) is 2. The Balaban J connectivity index is 2.57. The van der Waals surface area contributed by atoms with Gasteiger partial charge in [0.15, 0.2) is 6.10 Å². The van der Waals surface area contributed by atoms with Gasteiger partial charge in [-0.3, -0.25) is 0 Å². The molecule has 0 aromatic rings. The number of aliphatic hydroxyl groups is 2. The minimum atomic E-state index is -1.40. The Bertz CT molecular complexity index is 194. The van der Waals surface area contributed by atoms with E-state index in [1.54, 1.807) is 0 Å². The molecule has 2 unspecified atom stereocenters. The molecule has 0 saturated carbocycles. The van der Waals surface area contributed by atoms with Crippen molar-refractivity contribution in [2.24, 2.45) is 0 Å². The molecule has 0 amide bonds. The summed E-state index contributed by atoms with van der Waals surface area (Å²) in [4.78, 5) is 20.8. The summed E-state index contributed by atoms with van der Waals surface area (Å²) in [6.07, 6.45) is -3.92. The Morgan fingerprint density at radius 3 is 2.00 bits per heavy atom. The second-order valence-electron chi connectivity index (χ2n) is 2.41. The molecule has 1 saturated heterocycles. The first kappa shape index (κ1) is 8.95. The minimum Gasteiger partial charge on any atom is -0.414 e. The Labute approximate surface area is 67.7 Å². The molecule has 0 aliphatic carbocycles. The van der Waals surface area contributed by atoms with Crippen molar-refractivity contribution < 1.29 is 29.3 Å². The van der Waals surface area contributed by atoms with Crippen LogP contribution >= 0.6 is 0 Å². The molecule has 1 heterocycles. The van der Waals surface area contributed by atoms with E-state index in [0.29, 0.717) is 0 Å². The number of hydrogen-bond donors (Lipinski definition) is 2. The maximum Gasteiger partial charge on any atom is 0.420 e. The summed E-state index contributed by atoms with van der Waals surface area (Å²) >= 11 is 0. The van der Waals surface area contributed by atoms with E-state index in [2.05, 4.69) is 9.47 Å². The lowest BCUT2D eigenvalue weighted by Gasteiger charge is -2.17. The quantitative estimate of drug-likeness (QED) is 0.379. The van der Waals surface area contributed by atoms with E-state index in [1.165, 1.54) is 6.92 Å². The highest BCUT2D eigenvalue weighted by molar-refractivity contribution is 6.30. The standard InChI is InChI=1S/C6H8O6/c1-2(7)3(8)6-11-4(9)5(10)12-6/h2-3,6-8H,1H3. The van der Waals surface area contributed by atoms with Crippen LogP contribution in [0.5, 0.6) is 0 Å². The molecule has 1 rings (SSSR count). The van der Waals surface area contributed by atoms with Gasteiger partial charge in [0.25, 0.3) is 6.29 Å². The van der Waals surface area contributed by atoms with E-state index >= 15 is 0 Å². The van der Waals surface area contributed by atoms with Gasteiger partial charge in [-0.2, -0.15) is 0 Å². The number of esters is 2. The van der Waals surface area contributed by atoms with Crippen LogP contribution in [0.3, 0.4) is 0 Å². The van der Waals surface area contributed by atoms with Gasteiger partial charge in [-0.05, 0) is 6.92 Å². The molecule has 1 aliphatic heterocycles. The van der Waals surface area contributed by atoms with Crippen molar-refractivity contribution in [1.29, 1.82) is 0 Å².